The number of carbonyl (C=O) groups is 4. The van der Waals surface area contributed by atoms with Crippen molar-refractivity contribution in [3.63, 3.8) is 0 Å². The van der Waals surface area contributed by atoms with Gasteiger partial charge in [0.1, 0.15) is 11.5 Å². The number of imide groups is 1. The lowest BCUT2D eigenvalue weighted by Crippen LogP contribution is -2.58. The number of anilines is 1. The quantitative estimate of drug-likeness (QED) is 0.157. The number of benzene rings is 4. The predicted molar refractivity (Wildman–Crippen MR) is 190 cm³/mol. The maximum Gasteiger partial charge on any atom is 0.488 e. The van der Waals surface area contributed by atoms with Gasteiger partial charge in [0.2, 0.25) is 11.8 Å². The summed E-state index contributed by atoms with van der Waals surface area (Å²) in [6, 6.07) is 29.0. The molecular weight excluding hydrogens is 645 g/mol. The molecule has 51 heavy (non-hydrogen) atoms. The van der Waals surface area contributed by atoms with Crippen LogP contribution < -0.4 is 15.1 Å². The van der Waals surface area contributed by atoms with Crippen molar-refractivity contribution in [2.75, 3.05) is 12.0 Å². The molecule has 1 saturated heterocycles. The molecule has 0 radical (unpaired) electrons. The van der Waals surface area contributed by atoms with Gasteiger partial charge in [0.05, 0.1) is 30.0 Å². The zero-order valence-electron chi connectivity index (χ0n) is 27.7. The van der Waals surface area contributed by atoms with Crippen LogP contribution in [0.4, 0.5) is 5.69 Å². The van der Waals surface area contributed by atoms with E-state index in [1.165, 1.54) is 31.4 Å². The van der Waals surface area contributed by atoms with E-state index in [1.807, 2.05) is 42.5 Å². The van der Waals surface area contributed by atoms with Crippen molar-refractivity contribution in [2.45, 2.75) is 24.2 Å². The molecule has 6 unspecified atom stereocenters. The van der Waals surface area contributed by atoms with Crippen LogP contribution in [-0.4, -0.2) is 52.8 Å². The Morgan fingerprint density at radius 2 is 1.53 bits per heavy atom. The maximum absolute atomic E-state index is 15.2. The minimum Gasteiger partial charge on any atom is -0.508 e. The highest BCUT2D eigenvalue weighted by Gasteiger charge is 2.66. The number of nitrogens with zero attached hydrogens (tertiary/aromatic N) is 1. The lowest BCUT2D eigenvalue weighted by Gasteiger charge is -2.55. The molecule has 4 aliphatic rings. The molecule has 3 N–H and O–H groups in total. The molecule has 2 amide bonds. The average Bonchev–Trinajstić information content (AvgIpc) is 3.41. The van der Waals surface area contributed by atoms with Crippen molar-refractivity contribution in [3.05, 3.63) is 138 Å². The van der Waals surface area contributed by atoms with Gasteiger partial charge < -0.3 is 19.9 Å². The lowest BCUT2D eigenvalue weighted by atomic mass is 9.44. The molecule has 8 rings (SSSR count). The Morgan fingerprint density at radius 1 is 0.824 bits per heavy atom. The monoisotopic (exact) mass is 679 g/mol. The minimum absolute atomic E-state index is 0.102. The first-order valence-electron chi connectivity index (χ1n) is 17.0. The van der Waals surface area contributed by atoms with Crippen molar-refractivity contribution >= 4 is 47.2 Å². The van der Waals surface area contributed by atoms with Crippen molar-refractivity contribution in [2.24, 2.45) is 23.7 Å². The smallest absolute Gasteiger partial charge is 0.488 e. The van der Waals surface area contributed by atoms with Crippen LogP contribution >= 0.6 is 0 Å². The van der Waals surface area contributed by atoms with Gasteiger partial charge in [-0.15, -0.1) is 0 Å². The molecule has 10 heteroatoms. The summed E-state index contributed by atoms with van der Waals surface area (Å²) < 4.78 is 5.83. The number of methoxy groups -OCH3 is 1. The number of ketones is 2. The van der Waals surface area contributed by atoms with E-state index in [2.05, 4.69) is 0 Å². The number of Topliss-reactive ketones (excluding diaryl/α,β-unsaturated/α-hetero) is 1. The van der Waals surface area contributed by atoms with E-state index < -0.39 is 53.9 Å². The highest BCUT2D eigenvalue weighted by Crippen LogP contribution is 2.65. The zero-order chi connectivity index (χ0) is 35.6. The summed E-state index contributed by atoms with van der Waals surface area (Å²) in [5.41, 5.74) is 1.33. The summed E-state index contributed by atoms with van der Waals surface area (Å²) in [6.07, 6.45) is 3.64. The van der Waals surface area contributed by atoms with E-state index in [-0.39, 0.29) is 46.9 Å². The van der Waals surface area contributed by atoms with Crippen LogP contribution in [-0.2, 0) is 24.6 Å². The molecule has 3 aliphatic carbocycles. The van der Waals surface area contributed by atoms with Crippen molar-refractivity contribution in [1.82, 2.24) is 0 Å². The third kappa shape index (κ3) is 4.77. The van der Waals surface area contributed by atoms with Gasteiger partial charge in [0.25, 0.3) is 0 Å². The molecule has 0 spiro atoms. The number of amides is 2. The molecule has 1 aliphatic heterocycles. The molecule has 0 bridgehead atoms. The van der Waals surface area contributed by atoms with Crippen LogP contribution in [0.3, 0.4) is 0 Å². The maximum atomic E-state index is 15.2. The van der Waals surface area contributed by atoms with E-state index >= 15 is 9.59 Å². The summed E-state index contributed by atoms with van der Waals surface area (Å²) in [5, 5.41) is 31.3. The van der Waals surface area contributed by atoms with Crippen LogP contribution in [0.2, 0.25) is 0 Å². The average molecular weight is 680 g/mol. The SMILES string of the molecule is COc1cccc(O)c1C1C2=CCC3C(=O)N(c4cccc(B(O)O)c4)C(=O)C3C2CC2C(=O)C(c3ccccc3)=CC(=O)C21c1ccccc1. The number of ether oxygens (including phenoxy) is 1. The second-order valence-electron chi connectivity index (χ2n) is 13.7. The van der Waals surface area contributed by atoms with Gasteiger partial charge in [0.15, 0.2) is 11.6 Å². The van der Waals surface area contributed by atoms with Crippen LogP contribution in [0.1, 0.15) is 35.4 Å². The second-order valence-corrected chi connectivity index (χ2v) is 13.7. The standard InChI is InChI=1S/C41H34BNO8/c1-51-33-17-9-16-32(44)36(33)37-27-18-19-28-35(40(48)43(39(28)47)26-15-8-14-25(20-26)42(49)50)30(27)21-31-38(46)29(23-10-4-2-5-11-23)22-34(45)41(31,37)24-12-6-3-7-13-24/h2-18,20,22,28,30-31,35,37,44,49-50H,19,21H2,1H3. The van der Waals surface area contributed by atoms with Gasteiger partial charge in [-0.3, -0.25) is 24.1 Å². The largest absolute Gasteiger partial charge is 0.508 e. The molecule has 254 valence electrons. The summed E-state index contributed by atoms with van der Waals surface area (Å²) in [4.78, 5) is 60.0. The third-order valence-electron chi connectivity index (χ3n) is 11.4. The van der Waals surface area contributed by atoms with Gasteiger partial charge in [-0.2, -0.15) is 0 Å². The number of allylic oxidation sites excluding steroid dienone is 4. The van der Waals surface area contributed by atoms with Crippen molar-refractivity contribution < 1.29 is 39.1 Å². The van der Waals surface area contributed by atoms with Crippen LogP contribution in [0, 0.1) is 23.7 Å². The van der Waals surface area contributed by atoms with Crippen molar-refractivity contribution in [3.8, 4) is 11.5 Å². The number of carbonyl (C=O) groups excluding carboxylic acids is 4. The third-order valence-corrected chi connectivity index (χ3v) is 11.4. The molecule has 1 saturated carbocycles. The molecular formula is C41H34BNO8. The Bertz CT molecular complexity index is 2160. The first-order valence-corrected chi connectivity index (χ1v) is 17.0. The number of hydrogen-bond donors (Lipinski definition) is 3. The van der Waals surface area contributed by atoms with Gasteiger partial charge in [-0.05, 0) is 65.7 Å². The number of phenols is 1. The molecule has 6 atom stereocenters. The van der Waals surface area contributed by atoms with Crippen LogP contribution in [0.15, 0.2) is 121 Å². The Hall–Kier alpha value is -5.58. The van der Waals surface area contributed by atoms with E-state index in [4.69, 9.17) is 4.74 Å². The zero-order valence-corrected chi connectivity index (χ0v) is 27.7. The fraction of sp³-hybridized carbons (Fsp3) is 0.220. The van der Waals surface area contributed by atoms with Crippen molar-refractivity contribution in [1.29, 1.82) is 0 Å². The number of rotatable bonds is 6. The number of hydrogen-bond acceptors (Lipinski definition) is 8. The lowest BCUT2D eigenvalue weighted by molar-refractivity contribution is -0.135. The molecule has 2 fully saturated rings. The molecule has 4 aromatic rings. The predicted octanol–water partition coefficient (Wildman–Crippen LogP) is 4.11. The number of fused-ring (bicyclic) bond motifs is 4. The molecule has 0 aromatic heterocycles. The van der Waals surface area contributed by atoms with E-state index in [0.29, 0.717) is 28.0 Å². The fourth-order valence-electron chi connectivity index (χ4n) is 9.27. The van der Waals surface area contributed by atoms with E-state index in [1.54, 1.807) is 48.5 Å². The normalized spacial score (nSPS) is 26.9. The Kier molecular flexibility index (Phi) is 7.89. The highest BCUT2D eigenvalue weighted by atomic mass is 16.5. The molecule has 9 nitrogen and oxygen atoms in total. The second kappa shape index (κ2) is 12.3. The topological polar surface area (TPSA) is 141 Å². The van der Waals surface area contributed by atoms with Gasteiger partial charge in [0, 0.05) is 23.0 Å². The fourth-order valence-corrected chi connectivity index (χ4v) is 9.27. The van der Waals surface area contributed by atoms with Crippen LogP contribution in [0.5, 0.6) is 11.5 Å². The van der Waals surface area contributed by atoms with Crippen LogP contribution in [0.25, 0.3) is 5.57 Å². The number of aromatic hydroxyl groups is 1. The Labute approximate surface area is 294 Å². The first kappa shape index (κ1) is 32.6. The minimum atomic E-state index is -1.80. The molecule has 4 aromatic carbocycles. The Morgan fingerprint density at radius 3 is 2.24 bits per heavy atom. The summed E-state index contributed by atoms with van der Waals surface area (Å²) in [7, 11) is -0.319. The summed E-state index contributed by atoms with van der Waals surface area (Å²) >= 11 is 0. The number of phenolic OH excluding ortho intramolecular Hbond substituents is 1. The summed E-state index contributed by atoms with van der Waals surface area (Å²) in [6.45, 7) is 0. The first-order chi connectivity index (χ1) is 24.7. The highest BCUT2D eigenvalue weighted by molar-refractivity contribution is 6.58. The molecule has 1 heterocycles. The summed E-state index contributed by atoms with van der Waals surface area (Å²) in [5.74, 6) is -5.43. The van der Waals surface area contributed by atoms with Gasteiger partial charge in [-0.1, -0.05) is 90.5 Å². The van der Waals surface area contributed by atoms with Gasteiger partial charge in [-0.25, -0.2) is 0 Å². The van der Waals surface area contributed by atoms with E-state index in [9.17, 15) is 24.7 Å². The van der Waals surface area contributed by atoms with Gasteiger partial charge >= 0.3 is 7.12 Å². The van der Waals surface area contributed by atoms with E-state index in [0.717, 1.165) is 4.90 Å². The Balaban J connectivity index is 1.37.